The fourth-order valence-electron chi connectivity index (χ4n) is 3.26. The zero-order valence-corrected chi connectivity index (χ0v) is 18.5. The third kappa shape index (κ3) is 4.75. The molecule has 0 radical (unpaired) electrons. The van der Waals surface area contributed by atoms with Gasteiger partial charge in [0.15, 0.2) is 0 Å². The van der Waals surface area contributed by atoms with Gasteiger partial charge in [-0.25, -0.2) is 4.98 Å². The second-order valence-corrected chi connectivity index (χ2v) is 8.50. The van der Waals surface area contributed by atoms with Gasteiger partial charge in [0.2, 0.25) is 5.91 Å². The van der Waals surface area contributed by atoms with Crippen molar-refractivity contribution in [3.05, 3.63) is 77.9 Å². The molecule has 4 nitrogen and oxygen atoms in total. The summed E-state index contributed by atoms with van der Waals surface area (Å²) in [6.45, 7) is 6.05. The average molecular weight is 430 g/mol. The molecule has 4 rings (SSSR count). The Balaban J connectivity index is 1.50. The Morgan fingerprint density at radius 1 is 0.839 bits per heavy atom. The smallest absolute Gasteiger partial charge is 0.227 e. The maximum atomic E-state index is 12.3. The molecule has 1 atom stereocenters. The van der Waals surface area contributed by atoms with Crippen LogP contribution in [0, 0.1) is 11.8 Å². The van der Waals surface area contributed by atoms with Crippen molar-refractivity contribution in [3.8, 4) is 22.4 Å². The first kappa shape index (κ1) is 21.0. The zero-order valence-electron chi connectivity index (χ0n) is 17.8. The lowest BCUT2D eigenvalue weighted by atomic mass is 9.97. The van der Waals surface area contributed by atoms with Crippen molar-refractivity contribution in [3.63, 3.8) is 0 Å². The van der Waals surface area contributed by atoms with Gasteiger partial charge in [-0.15, -0.1) is 0 Å². The van der Waals surface area contributed by atoms with Crippen LogP contribution in [0.2, 0.25) is 5.02 Å². The lowest BCUT2D eigenvalue weighted by Gasteiger charge is -2.15. The van der Waals surface area contributed by atoms with Gasteiger partial charge in [0.1, 0.15) is 0 Å². The average Bonchev–Trinajstić information content (AvgIpc) is 2.78. The number of nitrogens with one attached hydrogen (secondary N) is 1. The maximum absolute atomic E-state index is 12.3. The SMILES string of the molecule is CC(C)C(C)C(=O)Nc1ccc(-c2ccc(-c3cnc4cc(Cl)ccc4n3)cc2)cc1. The molecular weight excluding hydrogens is 406 g/mol. The van der Waals surface area contributed by atoms with Crippen molar-refractivity contribution in [1.29, 1.82) is 0 Å². The van der Waals surface area contributed by atoms with Crippen molar-refractivity contribution in [2.45, 2.75) is 20.8 Å². The summed E-state index contributed by atoms with van der Waals surface area (Å²) in [4.78, 5) is 21.4. The number of halogens is 1. The third-order valence-electron chi connectivity index (χ3n) is 5.58. The number of carbonyl (C=O) groups excluding carboxylic acids is 1. The van der Waals surface area contributed by atoms with Crippen LogP contribution in [0.3, 0.4) is 0 Å². The van der Waals surface area contributed by atoms with E-state index in [1.807, 2.05) is 61.5 Å². The molecule has 4 aromatic rings. The first-order valence-electron chi connectivity index (χ1n) is 10.3. The van der Waals surface area contributed by atoms with Crippen LogP contribution < -0.4 is 5.32 Å². The Labute approximate surface area is 187 Å². The number of hydrogen-bond donors (Lipinski definition) is 1. The van der Waals surface area contributed by atoms with Crippen molar-refractivity contribution < 1.29 is 4.79 Å². The molecule has 0 bridgehead atoms. The molecule has 0 saturated carbocycles. The van der Waals surface area contributed by atoms with Crippen LogP contribution >= 0.6 is 11.6 Å². The first-order valence-corrected chi connectivity index (χ1v) is 10.7. The molecule has 0 aliphatic heterocycles. The van der Waals surface area contributed by atoms with Crippen LogP contribution in [0.25, 0.3) is 33.4 Å². The quantitative estimate of drug-likeness (QED) is 0.377. The van der Waals surface area contributed by atoms with E-state index in [0.29, 0.717) is 10.9 Å². The predicted molar refractivity (Wildman–Crippen MR) is 128 cm³/mol. The van der Waals surface area contributed by atoms with E-state index < -0.39 is 0 Å². The van der Waals surface area contributed by atoms with Crippen molar-refractivity contribution in [1.82, 2.24) is 9.97 Å². The van der Waals surface area contributed by atoms with Gasteiger partial charge < -0.3 is 5.32 Å². The fourth-order valence-corrected chi connectivity index (χ4v) is 3.43. The lowest BCUT2D eigenvalue weighted by molar-refractivity contribution is -0.120. The van der Waals surface area contributed by atoms with Crippen LogP contribution in [-0.2, 0) is 4.79 Å². The fraction of sp³-hybridized carbons (Fsp3) is 0.192. The number of benzene rings is 3. The standard InChI is InChI=1S/C26H24ClN3O/c1-16(2)17(3)26(31)29-22-11-8-19(9-12-22)18-4-6-20(7-5-18)25-15-28-24-14-21(27)10-13-23(24)30-25/h4-17H,1-3H3,(H,29,31). The molecular formula is C26H24ClN3O. The molecule has 1 unspecified atom stereocenters. The van der Waals surface area contributed by atoms with E-state index in [1.165, 1.54) is 0 Å². The monoisotopic (exact) mass is 429 g/mol. The molecule has 1 heterocycles. The highest BCUT2D eigenvalue weighted by atomic mass is 35.5. The van der Waals surface area contributed by atoms with E-state index >= 15 is 0 Å². The Hall–Kier alpha value is -3.24. The molecule has 0 aliphatic carbocycles. The van der Waals surface area contributed by atoms with Gasteiger partial charge >= 0.3 is 0 Å². The summed E-state index contributed by atoms with van der Waals surface area (Å²) in [6, 6.07) is 21.6. The number of amides is 1. The minimum atomic E-state index is -0.0255. The molecule has 0 spiro atoms. The van der Waals surface area contributed by atoms with Gasteiger partial charge in [-0.1, -0.05) is 68.8 Å². The Morgan fingerprint density at radius 3 is 2.10 bits per heavy atom. The molecule has 1 aromatic heterocycles. The van der Waals surface area contributed by atoms with E-state index in [9.17, 15) is 4.79 Å². The van der Waals surface area contributed by atoms with E-state index in [-0.39, 0.29) is 11.8 Å². The summed E-state index contributed by atoms with van der Waals surface area (Å²) in [5, 5.41) is 3.64. The van der Waals surface area contributed by atoms with Crippen LogP contribution in [0.5, 0.6) is 0 Å². The number of rotatable bonds is 5. The summed E-state index contributed by atoms with van der Waals surface area (Å²) in [7, 11) is 0. The van der Waals surface area contributed by atoms with E-state index in [2.05, 4.69) is 36.3 Å². The molecule has 1 N–H and O–H groups in total. The molecule has 156 valence electrons. The second-order valence-electron chi connectivity index (χ2n) is 8.06. The molecule has 3 aromatic carbocycles. The minimum Gasteiger partial charge on any atom is -0.326 e. The number of fused-ring (bicyclic) bond motifs is 1. The van der Waals surface area contributed by atoms with Gasteiger partial charge in [0.05, 0.1) is 22.9 Å². The van der Waals surface area contributed by atoms with Gasteiger partial charge in [0, 0.05) is 22.2 Å². The zero-order chi connectivity index (χ0) is 22.0. The summed E-state index contributed by atoms with van der Waals surface area (Å²) < 4.78 is 0. The van der Waals surface area contributed by atoms with Crippen LogP contribution in [0.15, 0.2) is 72.9 Å². The highest BCUT2D eigenvalue weighted by Gasteiger charge is 2.16. The normalized spacial score (nSPS) is 12.2. The molecule has 0 aliphatic rings. The molecule has 5 heteroatoms. The van der Waals surface area contributed by atoms with Crippen molar-refractivity contribution in [2.24, 2.45) is 11.8 Å². The van der Waals surface area contributed by atoms with Crippen LogP contribution in [0.4, 0.5) is 5.69 Å². The third-order valence-corrected chi connectivity index (χ3v) is 5.82. The van der Waals surface area contributed by atoms with Crippen molar-refractivity contribution in [2.75, 3.05) is 5.32 Å². The van der Waals surface area contributed by atoms with Crippen LogP contribution in [0.1, 0.15) is 20.8 Å². The Morgan fingerprint density at radius 2 is 1.45 bits per heavy atom. The van der Waals surface area contributed by atoms with Crippen LogP contribution in [-0.4, -0.2) is 15.9 Å². The number of aromatic nitrogens is 2. The summed E-state index contributed by atoms with van der Waals surface area (Å²) in [5.74, 6) is 0.330. The Bertz CT molecular complexity index is 1220. The molecule has 0 saturated heterocycles. The second kappa shape index (κ2) is 8.86. The predicted octanol–water partition coefficient (Wildman–Crippen LogP) is 6.85. The van der Waals surface area contributed by atoms with Gasteiger partial charge in [-0.05, 0) is 47.4 Å². The molecule has 1 amide bonds. The highest BCUT2D eigenvalue weighted by Crippen LogP contribution is 2.26. The summed E-state index contributed by atoms with van der Waals surface area (Å²) >= 11 is 6.02. The number of anilines is 1. The topological polar surface area (TPSA) is 54.9 Å². The summed E-state index contributed by atoms with van der Waals surface area (Å²) in [6.07, 6.45) is 1.77. The lowest BCUT2D eigenvalue weighted by Crippen LogP contribution is -2.24. The highest BCUT2D eigenvalue weighted by molar-refractivity contribution is 6.31. The minimum absolute atomic E-state index is 0.0255. The van der Waals surface area contributed by atoms with E-state index in [1.54, 1.807) is 6.20 Å². The number of hydrogen-bond acceptors (Lipinski definition) is 3. The van der Waals surface area contributed by atoms with Gasteiger partial charge in [0.25, 0.3) is 0 Å². The maximum Gasteiger partial charge on any atom is 0.227 e. The largest absolute Gasteiger partial charge is 0.326 e. The molecule has 31 heavy (non-hydrogen) atoms. The van der Waals surface area contributed by atoms with Gasteiger partial charge in [-0.3, -0.25) is 9.78 Å². The Kier molecular flexibility index (Phi) is 6.01. The molecule has 0 fully saturated rings. The van der Waals surface area contributed by atoms with Gasteiger partial charge in [-0.2, -0.15) is 0 Å². The van der Waals surface area contributed by atoms with E-state index in [4.69, 9.17) is 16.6 Å². The van der Waals surface area contributed by atoms with E-state index in [0.717, 1.165) is 39.1 Å². The number of carbonyl (C=O) groups is 1. The van der Waals surface area contributed by atoms with Crippen molar-refractivity contribution >= 4 is 34.2 Å². The first-order chi connectivity index (χ1) is 14.9. The number of nitrogens with zero attached hydrogens (tertiary/aromatic N) is 2. The summed E-state index contributed by atoms with van der Waals surface area (Å²) in [5.41, 5.74) is 6.40.